The van der Waals surface area contributed by atoms with Gasteiger partial charge in [-0.3, -0.25) is 4.21 Å². The normalized spacial score (nSPS) is 13.1. The van der Waals surface area contributed by atoms with Crippen molar-refractivity contribution in [1.82, 2.24) is 0 Å². The van der Waals surface area contributed by atoms with E-state index in [0.717, 1.165) is 21.7 Å². The fraction of sp³-hybridized carbons (Fsp3) is 0.333. The van der Waals surface area contributed by atoms with Gasteiger partial charge in [-0.25, -0.2) is 0 Å². The number of nitrogens with two attached hydrogens (primary N) is 1. The largest absolute Gasteiger partial charge is 0.399 e. The first kappa shape index (κ1) is 15.8. The molecule has 1 atom stereocenters. The molecule has 0 fully saturated rings. The third-order valence-corrected chi connectivity index (χ3v) is 5.00. The summed E-state index contributed by atoms with van der Waals surface area (Å²) in [6, 6.07) is 14.0. The topological polar surface area (TPSA) is 43.1 Å². The van der Waals surface area contributed by atoms with Crippen molar-refractivity contribution in [2.75, 3.05) is 5.73 Å². The molecule has 112 valence electrons. The summed E-state index contributed by atoms with van der Waals surface area (Å²) in [6.45, 7) is 8.51. The van der Waals surface area contributed by atoms with Crippen molar-refractivity contribution in [2.45, 2.75) is 43.8 Å². The monoisotopic (exact) mass is 301 g/mol. The average molecular weight is 301 g/mol. The van der Waals surface area contributed by atoms with Gasteiger partial charge in [0.25, 0.3) is 0 Å². The van der Waals surface area contributed by atoms with Gasteiger partial charge in [-0.15, -0.1) is 0 Å². The average Bonchev–Trinajstić information content (AvgIpc) is 2.41. The Bertz CT molecular complexity index is 654. The zero-order chi connectivity index (χ0) is 15.6. The summed E-state index contributed by atoms with van der Waals surface area (Å²) >= 11 is 0. The van der Waals surface area contributed by atoms with E-state index in [1.54, 1.807) is 0 Å². The third kappa shape index (κ3) is 3.94. The maximum absolute atomic E-state index is 12.4. The summed E-state index contributed by atoms with van der Waals surface area (Å²) in [4.78, 5) is 0.835. The van der Waals surface area contributed by atoms with Crippen LogP contribution in [0.1, 0.15) is 37.5 Å². The SMILES string of the molecule is Cc1cc(S(=O)Cc2ccc(C(C)(C)C)cc2)ccc1N. The summed E-state index contributed by atoms with van der Waals surface area (Å²) in [5.41, 5.74) is 10.0. The van der Waals surface area contributed by atoms with Crippen molar-refractivity contribution >= 4 is 16.5 Å². The minimum absolute atomic E-state index is 0.145. The van der Waals surface area contributed by atoms with E-state index in [0.29, 0.717) is 5.75 Å². The molecule has 0 saturated heterocycles. The molecule has 0 spiro atoms. The first-order chi connectivity index (χ1) is 9.77. The van der Waals surface area contributed by atoms with E-state index in [-0.39, 0.29) is 5.41 Å². The molecule has 0 radical (unpaired) electrons. The number of rotatable bonds is 3. The molecule has 2 rings (SSSR count). The lowest BCUT2D eigenvalue weighted by Crippen LogP contribution is -2.10. The van der Waals surface area contributed by atoms with Gasteiger partial charge < -0.3 is 5.73 Å². The van der Waals surface area contributed by atoms with E-state index in [4.69, 9.17) is 5.73 Å². The molecule has 0 aromatic heterocycles. The Labute approximate surface area is 129 Å². The molecule has 0 amide bonds. The molecule has 0 heterocycles. The van der Waals surface area contributed by atoms with Crippen LogP contribution in [0.3, 0.4) is 0 Å². The second-order valence-corrected chi connectivity index (χ2v) is 7.91. The summed E-state index contributed by atoms with van der Waals surface area (Å²) in [6.07, 6.45) is 0. The van der Waals surface area contributed by atoms with Crippen LogP contribution >= 0.6 is 0 Å². The van der Waals surface area contributed by atoms with Crippen LogP contribution in [0.25, 0.3) is 0 Å². The molecule has 3 heteroatoms. The van der Waals surface area contributed by atoms with Crippen LogP contribution in [0.5, 0.6) is 0 Å². The van der Waals surface area contributed by atoms with Crippen LogP contribution in [-0.4, -0.2) is 4.21 Å². The molecule has 2 aromatic carbocycles. The Kier molecular flexibility index (Phi) is 4.52. The predicted octanol–water partition coefficient (Wildman–Crippen LogP) is 4.18. The van der Waals surface area contributed by atoms with Gasteiger partial charge in [-0.2, -0.15) is 0 Å². The Hall–Kier alpha value is -1.61. The number of hydrogen-bond donors (Lipinski definition) is 1. The first-order valence-corrected chi connectivity index (χ1v) is 8.43. The van der Waals surface area contributed by atoms with Gasteiger partial charge >= 0.3 is 0 Å². The predicted molar refractivity (Wildman–Crippen MR) is 90.8 cm³/mol. The van der Waals surface area contributed by atoms with Gasteiger partial charge in [0.2, 0.25) is 0 Å². The van der Waals surface area contributed by atoms with E-state index < -0.39 is 10.8 Å². The van der Waals surface area contributed by atoms with Gasteiger partial charge in [0.15, 0.2) is 0 Å². The van der Waals surface area contributed by atoms with Crippen LogP contribution in [0, 0.1) is 6.92 Å². The number of benzene rings is 2. The number of hydrogen-bond acceptors (Lipinski definition) is 2. The quantitative estimate of drug-likeness (QED) is 0.864. The molecule has 21 heavy (non-hydrogen) atoms. The zero-order valence-corrected chi connectivity index (χ0v) is 14.0. The highest BCUT2D eigenvalue weighted by atomic mass is 32.2. The first-order valence-electron chi connectivity index (χ1n) is 7.11. The lowest BCUT2D eigenvalue weighted by molar-refractivity contribution is 0.590. The maximum Gasteiger partial charge on any atom is 0.0574 e. The Morgan fingerprint density at radius 3 is 2.19 bits per heavy atom. The van der Waals surface area contributed by atoms with E-state index >= 15 is 0 Å². The number of nitrogen functional groups attached to an aromatic ring is 1. The Morgan fingerprint density at radius 2 is 1.67 bits per heavy atom. The third-order valence-electron chi connectivity index (χ3n) is 3.62. The smallest absolute Gasteiger partial charge is 0.0574 e. The van der Waals surface area contributed by atoms with Gasteiger partial charge in [-0.1, -0.05) is 45.0 Å². The molecular weight excluding hydrogens is 278 g/mol. The van der Waals surface area contributed by atoms with Gasteiger partial charge in [-0.05, 0) is 47.2 Å². The molecule has 0 aliphatic heterocycles. The number of aryl methyl sites for hydroxylation is 1. The molecule has 2 nitrogen and oxygen atoms in total. The van der Waals surface area contributed by atoms with E-state index in [2.05, 4.69) is 45.0 Å². The molecule has 1 unspecified atom stereocenters. The fourth-order valence-electron chi connectivity index (χ4n) is 2.13. The lowest BCUT2D eigenvalue weighted by atomic mass is 9.87. The van der Waals surface area contributed by atoms with Crippen molar-refractivity contribution in [1.29, 1.82) is 0 Å². The highest BCUT2D eigenvalue weighted by Gasteiger charge is 2.13. The second kappa shape index (κ2) is 6.02. The minimum atomic E-state index is -1.04. The van der Waals surface area contributed by atoms with Gasteiger partial charge in [0, 0.05) is 10.6 Å². The van der Waals surface area contributed by atoms with E-state index in [9.17, 15) is 4.21 Å². The van der Waals surface area contributed by atoms with Crippen molar-refractivity contribution in [3.8, 4) is 0 Å². The summed E-state index contributed by atoms with van der Waals surface area (Å²) < 4.78 is 12.4. The van der Waals surface area contributed by atoms with Crippen molar-refractivity contribution in [2.24, 2.45) is 0 Å². The summed E-state index contributed by atoms with van der Waals surface area (Å²) in [5.74, 6) is 0.535. The maximum atomic E-state index is 12.4. The summed E-state index contributed by atoms with van der Waals surface area (Å²) in [5, 5.41) is 0. The molecular formula is C18H23NOS. The standard InChI is InChI=1S/C18H23NOS/c1-13-11-16(9-10-17(13)19)21(20)12-14-5-7-15(8-6-14)18(2,3)4/h5-11H,12,19H2,1-4H3. The summed E-state index contributed by atoms with van der Waals surface area (Å²) in [7, 11) is -1.04. The van der Waals surface area contributed by atoms with Crippen LogP contribution in [-0.2, 0) is 22.0 Å². The Morgan fingerprint density at radius 1 is 1.05 bits per heavy atom. The van der Waals surface area contributed by atoms with Gasteiger partial charge in [0.05, 0.1) is 16.6 Å². The van der Waals surface area contributed by atoms with E-state index in [1.807, 2.05) is 25.1 Å². The second-order valence-electron chi connectivity index (χ2n) is 6.46. The minimum Gasteiger partial charge on any atom is -0.399 e. The lowest BCUT2D eigenvalue weighted by Gasteiger charge is -2.19. The van der Waals surface area contributed by atoms with E-state index in [1.165, 1.54) is 5.56 Å². The Balaban J connectivity index is 2.14. The van der Waals surface area contributed by atoms with Gasteiger partial charge in [0.1, 0.15) is 0 Å². The van der Waals surface area contributed by atoms with Crippen molar-refractivity contribution < 1.29 is 4.21 Å². The molecule has 0 saturated carbocycles. The number of anilines is 1. The van der Waals surface area contributed by atoms with Crippen molar-refractivity contribution in [3.63, 3.8) is 0 Å². The van der Waals surface area contributed by atoms with Crippen LogP contribution in [0.2, 0.25) is 0 Å². The molecule has 0 aliphatic carbocycles. The van der Waals surface area contributed by atoms with Crippen LogP contribution in [0.4, 0.5) is 5.69 Å². The van der Waals surface area contributed by atoms with Crippen molar-refractivity contribution in [3.05, 3.63) is 59.2 Å². The highest BCUT2D eigenvalue weighted by Crippen LogP contribution is 2.23. The van der Waals surface area contributed by atoms with Crippen LogP contribution < -0.4 is 5.73 Å². The highest BCUT2D eigenvalue weighted by molar-refractivity contribution is 7.84. The molecule has 2 aromatic rings. The van der Waals surface area contributed by atoms with Crippen LogP contribution in [0.15, 0.2) is 47.4 Å². The zero-order valence-electron chi connectivity index (χ0n) is 13.1. The molecule has 0 bridgehead atoms. The fourth-order valence-corrected chi connectivity index (χ4v) is 3.32. The molecule has 0 aliphatic rings. The molecule has 2 N–H and O–H groups in total.